The third-order valence-electron chi connectivity index (χ3n) is 5.29. The van der Waals surface area contributed by atoms with Gasteiger partial charge in [-0.1, -0.05) is 46.0 Å². The molecule has 0 saturated heterocycles. The molecule has 0 aliphatic heterocycles. The monoisotopic (exact) mass is 448 g/mol. The maximum atomic E-state index is 11.5. The molecule has 0 bridgehead atoms. The topological polar surface area (TPSA) is 129 Å². The van der Waals surface area contributed by atoms with E-state index in [1.807, 2.05) is 0 Å². The van der Waals surface area contributed by atoms with Crippen LogP contribution in [0, 0.1) is 11.8 Å². The van der Waals surface area contributed by atoms with E-state index >= 15 is 0 Å². The first-order chi connectivity index (χ1) is 15.2. The Balaban J connectivity index is 0.000000323. The van der Waals surface area contributed by atoms with Crippen molar-refractivity contribution in [2.45, 2.75) is 65.2 Å². The van der Waals surface area contributed by atoms with Crippen molar-refractivity contribution < 1.29 is 19.1 Å². The number of hydrogen-bond acceptors (Lipinski definition) is 4. The summed E-state index contributed by atoms with van der Waals surface area (Å²) in [5.41, 5.74) is 10.9. The Labute approximate surface area is 192 Å². The Morgan fingerprint density at radius 3 is 2.38 bits per heavy atom. The van der Waals surface area contributed by atoms with Crippen LogP contribution >= 0.6 is 0 Å². The summed E-state index contributed by atoms with van der Waals surface area (Å²) in [7, 11) is 3.07. The maximum absolute atomic E-state index is 11.5. The molecule has 1 aliphatic rings. The van der Waals surface area contributed by atoms with Crippen LogP contribution in [0.1, 0.15) is 64.4 Å². The lowest BCUT2D eigenvalue weighted by Gasteiger charge is -2.21. The minimum absolute atomic E-state index is 0.0538. The fraction of sp³-hybridized carbons (Fsp3) is 0.625. The molecule has 1 fully saturated rings. The number of hydrogen-bond donors (Lipinski definition) is 3. The first-order valence-corrected chi connectivity index (χ1v) is 11.3. The highest BCUT2D eigenvalue weighted by molar-refractivity contribution is 5.92. The summed E-state index contributed by atoms with van der Waals surface area (Å²) in [5, 5.41) is 2.98. The largest absolute Gasteiger partial charge is 0.497 e. The van der Waals surface area contributed by atoms with Gasteiger partial charge in [0, 0.05) is 18.5 Å². The predicted octanol–water partition coefficient (Wildman–Crippen LogP) is 3.17. The van der Waals surface area contributed by atoms with Crippen LogP contribution in [-0.4, -0.2) is 38.5 Å². The molecule has 0 aromatic heterocycles. The van der Waals surface area contributed by atoms with Crippen molar-refractivity contribution in [1.29, 1.82) is 0 Å². The third-order valence-corrected chi connectivity index (χ3v) is 5.29. The average Bonchev–Trinajstić information content (AvgIpc) is 2.76. The molecule has 8 nitrogen and oxygen atoms in total. The van der Waals surface area contributed by atoms with E-state index in [2.05, 4.69) is 24.2 Å². The van der Waals surface area contributed by atoms with Gasteiger partial charge in [-0.05, 0) is 36.5 Å². The normalized spacial score (nSPS) is 13.5. The number of aliphatic imine (C=N–C) groups is 1. The number of nitrogens with one attached hydrogen (secondary N) is 1. The zero-order chi connectivity index (χ0) is 23.9. The molecule has 0 atom stereocenters. The van der Waals surface area contributed by atoms with E-state index in [1.165, 1.54) is 39.2 Å². The molecule has 2 amide bonds. The van der Waals surface area contributed by atoms with Gasteiger partial charge in [-0.2, -0.15) is 4.99 Å². The number of methoxy groups -OCH3 is 2. The molecular weight excluding hydrogens is 408 g/mol. The zero-order valence-corrected chi connectivity index (χ0v) is 20.0. The van der Waals surface area contributed by atoms with Gasteiger partial charge in [0.15, 0.2) is 5.96 Å². The second-order valence-electron chi connectivity index (χ2n) is 8.53. The molecule has 1 aliphatic carbocycles. The van der Waals surface area contributed by atoms with E-state index < -0.39 is 5.91 Å². The van der Waals surface area contributed by atoms with Crippen LogP contribution in [0.3, 0.4) is 0 Å². The van der Waals surface area contributed by atoms with Crippen LogP contribution in [-0.2, 0) is 16.0 Å². The second kappa shape index (κ2) is 15.1. The summed E-state index contributed by atoms with van der Waals surface area (Å²) >= 11 is 0. The van der Waals surface area contributed by atoms with Gasteiger partial charge in [0.25, 0.3) is 5.91 Å². The van der Waals surface area contributed by atoms with Gasteiger partial charge in [0.2, 0.25) is 5.91 Å². The van der Waals surface area contributed by atoms with Gasteiger partial charge >= 0.3 is 0 Å². The fourth-order valence-corrected chi connectivity index (χ4v) is 3.58. The fourth-order valence-electron chi connectivity index (χ4n) is 3.58. The number of benzene rings is 1. The number of rotatable bonds is 9. The molecule has 1 aromatic rings. The van der Waals surface area contributed by atoms with Crippen LogP contribution in [0.2, 0.25) is 0 Å². The average molecular weight is 449 g/mol. The predicted molar refractivity (Wildman–Crippen MR) is 128 cm³/mol. The Hall–Kier alpha value is -2.77. The molecule has 2 rings (SSSR count). The number of amides is 2. The molecule has 32 heavy (non-hydrogen) atoms. The molecule has 1 aromatic carbocycles. The third kappa shape index (κ3) is 11.6. The maximum Gasteiger partial charge on any atom is 0.253 e. The standard InChI is InChI=1S/C13H25NO.C11H15N3O3/c1-11(2)10-14-13(15)9-8-12-6-4-3-5-7-12;1-16-8-3-4-9(17-2)7(5-8)6-10(15)14-11(12)13/h11-12H,3-10H2,1-2H3,(H,14,15);3-5H,6H2,1-2H3,(H4,12,13,14,15). The lowest BCUT2D eigenvalue weighted by Crippen LogP contribution is -2.27. The number of carbonyl (C=O) groups excluding carboxylic acids is 2. The smallest absolute Gasteiger partial charge is 0.253 e. The summed E-state index contributed by atoms with van der Waals surface area (Å²) in [4.78, 5) is 26.4. The van der Waals surface area contributed by atoms with E-state index in [9.17, 15) is 9.59 Å². The quantitative estimate of drug-likeness (QED) is 0.393. The molecule has 0 spiro atoms. The molecular formula is C24H40N4O4. The van der Waals surface area contributed by atoms with Gasteiger partial charge in [0.05, 0.1) is 20.6 Å². The molecule has 0 heterocycles. The first-order valence-electron chi connectivity index (χ1n) is 11.3. The highest BCUT2D eigenvalue weighted by Crippen LogP contribution is 2.27. The van der Waals surface area contributed by atoms with E-state index in [1.54, 1.807) is 25.3 Å². The summed E-state index contributed by atoms with van der Waals surface area (Å²) in [6.07, 6.45) is 8.72. The Morgan fingerprint density at radius 2 is 1.81 bits per heavy atom. The molecule has 5 N–H and O–H groups in total. The van der Waals surface area contributed by atoms with Gasteiger partial charge in [-0.3, -0.25) is 9.59 Å². The SMILES string of the molecule is CC(C)CNC(=O)CCC1CCCCC1.COc1ccc(OC)c(CC(=O)N=C(N)N)c1. The number of carbonyl (C=O) groups is 2. The minimum atomic E-state index is -0.434. The summed E-state index contributed by atoms with van der Waals surface area (Å²) in [6, 6.07) is 5.17. The lowest BCUT2D eigenvalue weighted by atomic mass is 9.86. The number of nitrogens with two attached hydrogens (primary N) is 2. The molecule has 1 saturated carbocycles. The number of nitrogens with zero attached hydrogens (tertiary/aromatic N) is 1. The van der Waals surface area contributed by atoms with Crippen LogP contribution in [0.5, 0.6) is 11.5 Å². The highest BCUT2D eigenvalue weighted by Gasteiger charge is 2.14. The summed E-state index contributed by atoms with van der Waals surface area (Å²) in [5.74, 6) is 2.16. The van der Waals surface area contributed by atoms with Crippen molar-refractivity contribution in [3.05, 3.63) is 23.8 Å². The number of guanidine groups is 1. The lowest BCUT2D eigenvalue weighted by molar-refractivity contribution is -0.121. The van der Waals surface area contributed by atoms with Crippen LogP contribution < -0.4 is 26.3 Å². The Bertz CT molecular complexity index is 740. The van der Waals surface area contributed by atoms with Gasteiger partial charge in [-0.25, -0.2) is 0 Å². The van der Waals surface area contributed by atoms with Crippen LogP contribution in [0.4, 0.5) is 0 Å². The van der Waals surface area contributed by atoms with Crippen molar-refractivity contribution >= 4 is 17.8 Å². The Morgan fingerprint density at radius 1 is 1.12 bits per heavy atom. The van der Waals surface area contributed by atoms with E-state index in [0.717, 1.165) is 25.3 Å². The molecule has 8 heteroatoms. The molecule has 0 radical (unpaired) electrons. The van der Waals surface area contributed by atoms with Crippen molar-refractivity contribution in [2.75, 3.05) is 20.8 Å². The second-order valence-corrected chi connectivity index (χ2v) is 8.53. The highest BCUT2D eigenvalue weighted by atomic mass is 16.5. The van der Waals surface area contributed by atoms with Gasteiger partial charge in [-0.15, -0.1) is 0 Å². The summed E-state index contributed by atoms with van der Waals surface area (Å²) in [6.45, 7) is 5.08. The van der Waals surface area contributed by atoms with Crippen molar-refractivity contribution in [2.24, 2.45) is 28.3 Å². The van der Waals surface area contributed by atoms with Gasteiger partial charge < -0.3 is 26.3 Å². The minimum Gasteiger partial charge on any atom is -0.497 e. The zero-order valence-electron chi connectivity index (χ0n) is 20.0. The van der Waals surface area contributed by atoms with Crippen LogP contribution in [0.15, 0.2) is 23.2 Å². The number of ether oxygens (including phenoxy) is 2. The van der Waals surface area contributed by atoms with Crippen molar-refractivity contribution in [3.63, 3.8) is 0 Å². The van der Waals surface area contributed by atoms with Crippen molar-refractivity contribution in [3.8, 4) is 11.5 Å². The molecule has 180 valence electrons. The van der Waals surface area contributed by atoms with E-state index in [4.69, 9.17) is 20.9 Å². The molecule has 0 unspecified atom stereocenters. The van der Waals surface area contributed by atoms with Crippen LogP contribution in [0.25, 0.3) is 0 Å². The van der Waals surface area contributed by atoms with Crippen molar-refractivity contribution in [1.82, 2.24) is 5.32 Å². The van der Waals surface area contributed by atoms with E-state index in [-0.39, 0.29) is 18.3 Å². The van der Waals surface area contributed by atoms with E-state index in [0.29, 0.717) is 23.0 Å². The van der Waals surface area contributed by atoms with Gasteiger partial charge in [0.1, 0.15) is 11.5 Å². The first kappa shape index (κ1) is 27.3. The summed E-state index contributed by atoms with van der Waals surface area (Å²) < 4.78 is 10.2. The Kier molecular flexibility index (Phi) is 12.9.